The Kier molecular flexibility index (Phi) is 2.59. The van der Waals surface area contributed by atoms with E-state index in [9.17, 15) is 5.11 Å². The Labute approximate surface area is 78.4 Å². The van der Waals surface area contributed by atoms with Crippen LogP contribution in [0.1, 0.15) is 18.6 Å². The summed E-state index contributed by atoms with van der Waals surface area (Å²) in [6, 6.07) is 2.92. The molecule has 0 amide bonds. The number of hydrogen-bond acceptors (Lipinski definition) is 3. The average Bonchev–Trinajstić information content (AvgIpc) is 1.96. The fourth-order valence-electron chi connectivity index (χ4n) is 0.924. The third-order valence-electron chi connectivity index (χ3n) is 1.53. The summed E-state index contributed by atoms with van der Waals surface area (Å²) >= 11 is 3.13. The van der Waals surface area contributed by atoms with Crippen molar-refractivity contribution >= 4 is 15.9 Å². The molecule has 1 atom stereocenters. The number of phenols is 2. The summed E-state index contributed by atoms with van der Waals surface area (Å²) in [5, 5.41) is 27.6. The van der Waals surface area contributed by atoms with Crippen LogP contribution in [-0.4, -0.2) is 15.3 Å². The highest BCUT2D eigenvalue weighted by Gasteiger charge is 2.11. The van der Waals surface area contributed by atoms with Gasteiger partial charge in [0.25, 0.3) is 0 Å². The van der Waals surface area contributed by atoms with E-state index in [4.69, 9.17) is 10.2 Å². The number of aliphatic hydroxyl groups excluding tert-OH is 1. The lowest BCUT2D eigenvalue weighted by atomic mass is 10.1. The quantitative estimate of drug-likeness (QED) is 0.649. The fourth-order valence-corrected chi connectivity index (χ4v) is 1.39. The van der Waals surface area contributed by atoms with Gasteiger partial charge in [0.05, 0.1) is 6.10 Å². The lowest BCUT2D eigenvalue weighted by Crippen LogP contribution is -1.91. The van der Waals surface area contributed by atoms with Crippen LogP contribution >= 0.6 is 15.9 Å². The molecule has 1 unspecified atom stereocenters. The molecule has 0 saturated carbocycles. The first-order valence-electron chi connectivity index (χ1n) is 3.42. The summed E-state index contributed by atoms with van der Waals surface area (Å²) in [4.78, 5) is 0. The van der Waals surface area contributed by atoms with Crippen LogP contribution in [0.5, 0.6) is 11.5 Å². The van der Waals surface area contributed by atoms with Gasteiger partial charge >= 0.3 is 0 Å². The third kappa shape index (κ3) is 1.70. The first-order valence-corrected chi connectivity index (χ1v) is 4.21. The average molecular weight is 233 g/mol. The van der Waals surface area contributed by atoms with Gasteiger partial charge in [-0.1, -0.05) is 15.9 Å². The molecule has 1 aromatic rings. The molecule has 3 nitrogen and oxygen atoms in total. The molecule has 0 heterocycles. The number of benzene rings is 1. The van der Waals surface area contributed by atoms with Crippen LogP contribution in [0.25, 0.3) is 0 Å². The van der Waals surface area contributed by atoms with Gasteiger partial charge in [-0.3, -0.25) is 0 Å². The number of halogens is 1. The zero-order valence-corrected chi connectivity index (χ0v) is 8.04. The Balaban J connectivity index is 3.28. The predicted molar refractivity (Wildman–Crippen MR) is 48.1 cm³/mol. The first kappa shape index (κ1) is 9.35. The smallest absolute Gasteiger partial charge is 0.163 e. The largest absolute Gasteiger partial charge is 0.504 e. The van der Waals surface area contributed by atoms with Crippen molar-refractivity contribution in [1.29, 1.82) is 0 Å². The van der Waals surface area contributed by atoms with E-state index in [1.165, 1.54) is 13.0 Å². The number of aliphatic hydroxyl groups is 1. The molecule has 0 fully saturated rings. The van der Waals surface area contributed by atoms with E-state index in [1.807, 2.05) is 0 Å². The SMILES string of the molecule is CC(O)c1cc(Br)cc(O)c1O. The fraction of sp³-hybridized carbons (Fsp3) is 0.250. The van der Waals surface area contributed by atoms with Crippen molar-refractivity contribution in [3.05, 3.63) is 22.2 Å². The van der Waals surface area contributed by atoms with Crippen LogP contribution in [0.3, 0.4) is 0 Å². The second-order valence-electron chi connectivity index (χ2n) is 2.54. The standard InChI is InChI=1S/C8H9BrO3/c1-4(10)6-2-5(9)3-7(11)8(6)12/h2-4,10-12H,1H3. The van der Waals surface area contributed by atoms with Crippen molar-refractivity contribution in [3.63, 3.8) is 0 Å². The van der Waals surface area contributed by atoms with Gasteiger partial charge in [-0.15, -0.1) is 0 Å². The molecule has 0 radical (unpaired) electrons. The van der Waals surface area contributed by atoms with Gasteiger partial charge in [0.2, 0.25) is 0 Å². The summed E-state index contributed by atoms with van der Waals surface area (Å²) in [6.45, 7) is 1.51. The number of rotatable bonds is 1. The molecule has 12 heavy (non-hydrogen) atoms. The van der Waals surface area contributed by atoms with Crippen molar-refractivity contribution in [3.8, 4) is 11.5 Å². The highest BCUT2D eigenvalue weighted by atomic mass is 79.9. The Morgan fingerprint density at radius 2 is 1.92 bits per heavy atom. The normalized spacial score (nSPS) is 12.9. The van der Waals surface area contributed by atoms with Crippen molar-refractivity contribution in [2.75, 3.05) is 0 Å². The third-order valence-corrected chi connectivity index (χ3v) is 1.99. The molecule has 0 saturated heterocycles. The molecule has 1 rings (SSSR count). The first-order chi connectivity index (χ1) is 5.52. The maximum atomic E-state index is 9.26. The molecule has 0 aliphatic heterocycles. The van der Waals surface area contributed by atoms with Crippen LogP contribution in [0, 0.1) is 0 Å². The van der Waals surface area contributed by atoms with Crippen molar-refractivity contribution < 1.29 is 15.3 Å². The number of aromatic hydroxyl groups is 2. The van der Waals surface area contributed by atoms with E-state index in [0.29, 0.717) is 10.0 Å². The molecule has 0 aliphatic rings. The van der Waals surface area contributed by atoms with Crippen LogP contribution in [-0.2, 0) is 0 Å². The lowest BCUT2D eigenvalue weighted by Gasteiger charge is -2.08. The lowest BCUT2D eigenvalue weighted by molar-refractivity contribution is 0.193. The Bertz CT molecular complexity index is 297. The van der Waals surface area contributed by atoms with Gasteiger partial charge in [0.1, 0.15) is 0 Å². The second-order valence-corrected chi connectivity index (χ2v) is 3.45. The van der Waals surface area contributed by atoms with Crippen molar-refractivity contribution in [1.82, 2.24) is 0 Å². The highest BCUT2D eigenvalue weighted by molar-refractivity contribution is 9.10. The van der Waals surface area contributed by atoms with Crippen LogP contribution in [0.2, 0.25) is 0 Å². The molecular weight excluding hydrogens is 224 g/mol. The molecule has 4 heteroatoms. The van der Waals surface area contributed by atoms with Gasteiger partial charge in [-0.25, -0.2) is 0 Å². The minimum absolute atomic E-state index is 0.236. The van der Waals surface area contributed by atoms with E-state index >= 15 is 0 Å². The summed E-state index contributed by atoms with van der Waals surface area (Å²) in [7, 11) is 0. The van der Waals surface area contributed by atoms with Crippen LogP contribution in [0.15, 0.2) is 16.6 Å². The predicted octanol–water partition coefficient (Wildman–Crippen LogP) is 1.91. The molecular formula is C8H9BrO3. The molecule has 66 valence electrons. The summed E-state index contributed by atoms with van der Waals surface area (Å²) < 4.78 is 0.619. The number of hydrogen-bond donors (Lipinski definition) is 3. The molecule has 0 aliphatic carbocycles. The summed E-state index contributed by atoms with van der Waals surface area (Å²) in [6.07, 6.45) is -0.798. The zero-order chi connectivity index (χ0) is 9.30. The van der Waals surface area contributed by atoms with E-state index in [0.717, 1.165) is 0 Å². The van der Waals surface area contributed by atoms with Gasteiger partial charge in [0, 0.05) is 10.0 Å². The van der Waals surface area contributed by atoms with E-state index in [2.05, 4.69) is 15.9 Å². The highest BCUT2D eigenvalue weighted by Crippen LogP contribution is 2.35. The van der Waals surface area contributed by atoms with Crippen molar-refractivity contribution in [2.24, 2.45) is 0 Å². The van der Waals surface area contributed by atoms with E-state index in [-0.39, 0.29) is 11.5 Å². The van der Waals surface area contributed by atoms with Crippen LogP contribution in [0.4, 0.5) is 0 Å². The van der Waals surface area contributed by atoms with Crippen molar-refractivity contribution in [2.45, 2.75) is 13.0 Å². The molecule has 3 N–H and O–H groups in total. The second kappa shape index (κ2) is 3.33. The van der Waals surface area contributed by atoms with Gasteiger partial charge in [0.15, 0.2) is 11.5 Å². The van der Waals surface area contributed by atoms with Crippen LogP contribution < -0.4 is 0 Å². The molecule has 0 bridgehead atoms. The van der Waals surface area contributed by atoms with Gasteiger partial charge in [-0.05, 0) is 19.1 Å². The summed E-state index contributed by atoms with van der Waals surface area (Å²) in [5.74, 6) is -0.506. The Morgan fingerprint density at radius 3 is 2.42 bits per heavy atom. The summed E-state index contributed by atoms with van der Waals surface area (Å²) in [5.41, 5.74) is 0.307. The Morgan fingerprint density at radius 1 is 1.33 bits per heavy atom. The minimum atomic E-state index is -0.798. The zero-order valence-electron chi connectivity index (χ0n) is 6.45. The number of phenolic OH excluding ortho intramolecular Hbond substituents is 2. The monoisotopic (exact) mass is 232 g/mol. The minimum Gasteiger partial charge on any atom is -0.504 e. The molecule has 1 aromatic carbocycles. The van der Waals surface area contributed by atoms with Gasteiger partial charge < -0.3 is 15.3 Å². The maximum Gasteiger partial charge on any atom is 0.163 e. The van der Waals surface area contributed by atoms with E-state index in [1.54, 1.807) is 6.07 Å². The van der Waals surface area contributed by atoms with Gasteiger partial charge in [-0.2, -0.15) is 0 Å². The topological polar surface area (TPSA) is 60.7 Å². The molecule has 0 aromatic heterocycles. The Hall–Kier alpha value is -0.740. The molecule has 0 spiro atoms. The van der Waals surface area contributed by atoms with E-state index < -0.39 is 6.10 Å². The maximum absolute atomic E-state index is 9.26.